The first kappa shape index (κ1) is 19.0. The minimum Gasteiger partial charge on any atom is -0.485 e. The molecule has 3 amide bonds. The Morgan fingerprint density at radius 1 is 1.07 bits per heavy atom. The van der Waals surface area contributed by atoms with Crippen molar-refractivity contribution in [2.45, 2.75) is 12.5 Å². The first-order chi connectivity index (χ1) is 13.6. The van der Waals surface area contributed by atoms with Gasteiger partial charge in [0.15, 0.2) is 11.5 Å². The van der Waals surface area contributed by atoms with Crippen LogP contribution in [0.5, 0.6) is 11.5 Å². The Bertz CT molecular complexity index is 862. The van der Waals surface area contributed by atoms with E-state index in [1.807, 2.05) is 0 Å². The van der Waals surface area contributed by atoms with Crippen molar-refractivity contribution in [2.75, 3.05) is 13.2 Å². The molecule has 0 saturated heterocycles. The SMILES string of the molecule is O=C(/C=C/c1ccco1)NCCC(=O)NNC(=O)C1COc2ccccc2O1. The van der Waals surface area contributed by atoms with E-state index in [1.165, 1.54) is 18.4 Å². The number of rotatable bonds is 6. The van der Waals surface area contributed by atoms with Crippen molar-refractivity contribution in [1.29, 1.82) is 0 Å². The Balaban J connectivity index is 1.33. The molecule has 28 heavy (non-hydrogen) atoms. The molecule has 9 nitrogen and oxygen atoms in total. The van der Waals surface area contributed by atoms with Gasteiger partial charge in [-0.25, -0.2) is 0 Å². The van der Waals surface area contributed by atoms with Crippen LogP contribution in [0.25, 0.3) is 6.08 Å². The summed E-state index contributed by atoms with van der Waals surface area (Å²) in [7, 11) is 0. The predicted molar refractivity (Wildman–Crippen MR) is 98.0 cm³/mol. The molecule has 9 heteroatoms. The number of para-hydroxylation sites is 2. The molecule has 0 fully saturated rings. The van der Waals surface area contributed by atoms with Gasteiger partial charge in [0.05, 0.1) is 6.26 Å². The average molecular weight is 385 g/mol. The van der Waals surface area contributed by atoms with Gasteiger partial charge in [0.25, 0.3) is 5.91 Å². The highest BCUT2D eigenvalue weighted by Gasteiger charge is 2.27. The largest absolute Gasteiger partial charge is 0.485 e. The summed E-state index contributed by atoms with van der Waals surface area (Å²) in [4.78, 5) is 35.5. The van der Waals surface area contributed by atoms with Crippen LogP contribution in [0.2, 0.25) is 0 Å². The summed E-state index contributed by atoms with van der Waals surface area (Å²) in [5, 5.41) is 2.55. The van der Waals surface area contributed by atoms with Crippen molar-refractivity contribution in [2.24, 2.45) is 0 Å². The normalized spacial score (nSPS) is 15.1. The fourth-order valence-electron chi connectivity index (χ4n) is 2.33. The Morgan fingerprint density at radius 3 is 2.68 bits per heavy atom. The molecule has 3 rings (SSSR count). The molecule has 0 bridgehead atoms. The van der Waals surface area contributed by atoms with Crippen molar-refractivity contribution in [3.05, 3.63) is 54.5 Å². The summed E-state index contributed by atoms with van der Waals surface area (Å²) in [6, 6.07) is 10.4. The van der Waals surface area contributed by atoms with E-state index >= 15 is 0 Å². The number of benzene rings is 1. The Morgan fingerprint density at radius 2 is 1.89 bits per heavy atom. The summed E-state index contributed by atoms with van der Waals surface area (Å²) >= 11 is 0. The number of ether oxygens (including phenoxy) is 2. The zero-order valence-corrected chi connectivity index (χ0v) is 14.8. The number of amides is 3. The zero-order valence-electron chi connectivity index (χ0n) is 14.8. The highest BCUT2D eigenvalue weighted by Crippen LogP contribution is 2.30. The van der Waals surface area contributed by atoms with Crippen molar-refractivity contribution in [3.8, 4) is 11.5 Å². The average Bonchev–Trinajstić information content (AvgIpc) is 3.24. The number of carbonyl (C=O) groups is 3. The van der Waals surface area contributed by atoms with E-state index in [-0.39, 0.29) is 25.5 Å². The van der Waals surface area contributed by atoms with Crippen molar-refractivity contribution in [3.63, 3.8) is 0 Å². The summed E-state index contributed by atoms with van der Waals surface area (Å²) < 4.78 is 16.0. The van der Waals surface area contributed by atoms with E-state index in [0.29, 0.717) is 17.3 Å². The standard InChI is InChI=1S/C19H19N3O6/c23-17(8-7-13-4-3-11-26-13)20-10-9-18(24)21-22-19(25)16-12-27-14-5-1-2-6-15(14)28-16/h1-8,11,16H,9-10,12H2,(H,20,23)(H,21,24)(H,22,25)/b8-7+. The molecule has 0 aliphatic carbocycles. The topological polar surface area (TPSA) is 119 Å². The second kappa shape index (κ2) is 9.26. The van der Waals surface area contributed by atoms with Crippen molar-refractivity contribution >= 4 is 23.8 Å². The highest BCUT2D eigenvalue weighted by molar-refractivity contribution is 5.91. The Hall–Kier alpha value is -3.75. The maximum absolute atomic E-state index is 12.1. The number of carbonyl (C=O) groups excluding carboxylic acids is 3. The van der Waals surface area contributed by atoms with Crippen molar-refractivity contribution in [1.82, 2.24) is 16.2 Å². The van der Waals surface area contributed by atoms with Crippen LogP contribution < -0.4 is 25.6 Å². The molecule has 1 aromatic carbocycles. The molecular weight excluding hydrogens is 366 g/mol. The van der Waals surface area contributed by atoms with Crippen LogP contribution in [0.1, 0.15) is 12.2 Å². The fourth-order valence-corrected chi connectivity index (χ4v) is 2.33. The van der Waals surface area contributed by atoms with Gasteiger partial charge in [0, 0.05) is 19.0 Å². The number of nitrogens with one attached hydrogen (secondary N) is 3. The third-order valence-electron chi connectivity index (χ3n) is 3.72. The fraction of sp³-hybridized carbons (Fsp3) is 0.211. The molecule has 1 aliphatic rings. The number of fused-ring (bicyclic) bond motifs is 1. The maximum Gasteiger partial charge on any atom is 0.283 e. The van der Waals surface area contributed by atoms with Gasteiger partial charge >= 0.3 is 0 Å². The Labute approximate surface area is 160 Å². The van der Waals surface area contributed by atoms with Gasteiger partial charge in [-0.1, -0.05) is 12.1 Å². The number of furan rings is 1. The lowest BCUT2D eigenvalue weighted by atomic mass is 10.2. The zero-order chi connectivity index (χ0) is 19.8. The van der Waals surface area contributed by atoms with Crippen LogP contribution in [0.3, 0.4) is 0 Å². The summed E-state index contributed by atoms with van der Waals surface area (Å²) in [6.45, 7) is 0.149. The number of hydrogen-bond acceptors (Lipinski definition) is 6. The van der Waals surface area contributed by atoms with E-state index < -0.39 is 17.9 Å². The molecule has 1 aliphatic heterocycles. The predicted octanol–water partition coefficient (Wildman–Crippen LogP) is 0.787. The highest BCUT2D eigenvalue weighted by atomic mass is 16.6. The third kappa shape index (κ3) is 5.37. The van der Waals surface area contributed by atoms with Gasteiger partial charge in [-0.05, 0) is 30.3 Å². The molecule has 0 spiro atoms. The van der Waals surface area contributed by atoms with Crippen LogP contribution in [-0.4, -0.2) is 37.0 Å². The van der Waals surface area contributed by atoms with Gasteiger partial charge in [-0.3, -0.25) is 25.2 Å². The summed E-state index contributed by atoms with van der Waals surface area (Å²) in [5.74, 6) is 0.221. The summed E-state index contributed by atoms with van der Waals surface area (Å²) in [5.41, 5.74) is 4.56. The molecule has 0 radical (unpaired) electrons. The molecule has 2 aromatic rings. The molecular formula is C19H19N3O6. The number of hydrogen-bond donors (Lipinski definition) is 3. The van der Waals surface area contributed by atoms with Crippen LogP contribution in [-0.2, 0) is 14.4 Å². The lowest BCUT2D eigenvalue weighted by Crippen LogP contribution is -2.51. The minimum atomic E-state index is -0.873. The molecule has 1 unspecified atom stereocenters. The quantitative estimate of drug-likeness (QED) is 0.500. The second-order valence-electron chi connectivity index (χ2n) is 5.79. The second-order valence-corrected chi connectivity index (χ2v) is 5.79. The van der Waals surface area contributed by atoms with E-state index in [2.05, 4.69) is 16.2 Å². The van der Waals surface area contributed by atoms with E-state index in [9.17, 15) is 14.4 Å². The first-order valence-corrected chi connectivity index (χ1v) is 8.58. The van der Waals surface area contributed by atoms with Crippen LogP contribution in [0.4, 0.5) is 0 Å². The first-order valence-electron chi connectivity index (χ1n) is 8.58. The lowest BCUT2D eigenvalue weighted by molar-refractivity contribution is -0.135. The van der Waals surface area contributed by atoms with Crippen LogP contribution in [0.15, 0.2) is 53.2 Å². The molecule has 146 valence electrons. The number of hydrazine groups is 1. The van der Waals surface area contributed by atoms with Gasteiger partial charge in [-0.2, -0.15) is 0 Å². The lowest BCUT2D eigenvalue weighted by Gasteiger charge is -2.25. The van der Waals surface area contributed by atoms with Crippen molar-refractivity contribution < 1.29 is 28.3 Å². The van der Waals surface area contributed by atoms with Gasteiger partial charge < -0.3 is 19.2 Å². The minimum absolute atomic E-state index is 0.00846. The molecule has 1 aromatic heterocycles. The third-order valence-corrected chi connectivity index (χ3v) is 3.72. The molecule has 3 N–H and O–H groups in total. The summed E-state index contributed by atoms with van der Waals surface area (Å²) in [6.07, 6.45) is 3.43. The Kier molecular flexibility index (Phi) is 6.29. The molecule has 2 heterocycles. The smallest absolute Gasteiger partial charge is 0.283 e. The van der Waals surface area contributed by atoms with Crippen LogP contribution >= 0.6 is 0 Å². The van der Waals surface area contributed by atoms with Gasteiger partial charge in [-0.15, -0.1) is 0 Å². The van der Waals surface area contributed by atoms with E-state index in [0.717, 1.165) is 0 Å². The maximum atomic E-state index is 12.1. The molecule has 1 atom stereocenters. The van der Waals surface area contributed by atoms with Gasteiger partial charge in [0.2, 0.25) is 17.9 Å². The van der Waals surface area contributed by atoms with E-state index in [4.69, 9.17) is 13.9 Å². The van der Waals surface area contributed by atoms with E-state index in [1.54, 1.807) is 36.4 Å². The monoisotopic (exact) mass is 385 g/mol. The van der Waals surface area contributed by atoms with Crippen LogP contribution in [0, 0.1) is 0 Å². The van der Waals surface area contributed by atoms with Gasteiger partial charge in [0.1, 0.15) is 12.4 Å². The molecule has 0 saturated carbocycles.